The van der Waals surface area contributed by atoms with Gasteiger partial charge in [-0.3, -0.25) is 10.1 Å². The van der Waals surface area contributed by atoms with Crippen molar-refractivity contribution in [3.63, 3.8) is 0 Å². The Labute approximate surface area is 180 Å². The van der Waals surface area contributed by atoms with Gasteiger partial charge >= 0.3 is 0 Å². The summed E-state index contributed by atoms with van der Waals surface area (Å²) < 4.78 is 16.1. The van der Waals surface area contributed by atoms with Crippen LogP contribution in [0.1, 0.15) is 18.9 Å². The standard InChI is InChI=1S/C23H24N2O4S/c1-4-13-29-18-9-7-17(8-10-18)19-15-30-23(24-19)25-22(26)12-6-16-5-11-20(27-2)21(14-16)28-3/h5-12,14-15H,4,13H2,1-3H3,(H,24,25,26). The normalized spacial score (nSPS) is 10.8. The maximum atomic E-state index is 12.3. The molecule has 0 bridgehead atoms. The van der Waals surface area contributed by atoms with Crippen LogP contribution in [0.25, 0.3) is 17.3 Å². The molecule has 30 heavy (non-hydrogen) atoms. The molecule has 0 aliphatic rings. The second kappa shape index (κ2) is 10.5. The molecule has 3 rings (SSSR count). The highest BCUT2D eigenvalue weighted by Gasteiger charge is 2.08. The molecule has 1 amide bonds. The molecule has 0 atom stereocenters. The number of methoxy groups -OCH3 is 2. The number of hydrogen-bond donors (Lipinski definition) is 1. The number of ether oxygens (including phenoxy) is 3. The Kier molecular flexibility index (Phi) is 7.45. The van der Waals surface area contributed by atoms with Gasteiger partial charge < -0.3 is 14.2 Å². The minimum absolute atomic E-state index is 0.256. The zero-order chi connectivity index (χ0) is 21.3. The van der Waals surface area contributed by atoms with E-state index >= 15 is 0 Å². The van der Waals surface area contributed by atoms with Crippen LogP contribution in [0.5, 0.6) is 17.2 Å². The van der Waals surface area contributed by atoms with Crippen molar-refractivity contribution in [3.05, 3.63) is 59.5 Å². The molecule has 0 unspecified atom stereocenters. The van der Waals surface area contributed by atoms with Gasteiger partial charge in [0.2, 0.25) is 5.91 Å². The number of nitrogens with one attached hydrogen (secondary N) is 1. The fraction of sp³-hybridized carbons (Fsp3) is 0.217. The predicted molar refractivity (Wildman–Crippen MR) is 121 cm³/mol. The molecule has 0 radical (unpaired) electrons. The molecule has 3 aromatic rings. The molecule has 0 saturated carbocycles. The lowest BCUT2D eigenvalue weighted by Crippen LogP contribution is -2.07. The Balaban J connectivity index is 1.61. The molecule has 156 valence electrons. The third-order valence-electron chi connectivity index (χ3n) is 4.19. The van der Waals surface area contributed by atoms with Gasteiger partial charge in [-0.1, -0.05) is 13.0 Å². The molecule has 1 heterocycles. The van der Waals surface area contributed by atoms with E-state index in [1.807, 2.05) is 35.7 Å². The van der Waals surface area contributed by atoms with Crippen LogP contribution in [0.2, 0.25) is 0 Å². The highest BCUT2D eigenvalue weighted by atomic mass is 32.1. The number of benzene rings is 2. The van der Waals surface area contributed by atoms with E-state index in [0.29, 0.717) is 23.2 Å². The van der Waals surface area contributed by atoms with Crippen LogP contribution in [0.15, 0.2) is 53.9 Å². The number of carbonyl (C=O) groups excluding carboxylic acids is 1. The Bertz CT molecular complexity index is 1010. The van der Waals surface area contributed by atoms with Crippen molar-refractivity contribution in [2.24, 2.45) is 0 Å². The number of nitrogens with zero attached hydrogens (tertiary/aromatic N) is 1. The van der Waals surface area contributed by atoms with Crippen molar-refractivity contribution < 1.29 is 19.0 Å². The number of amides is 1. The Hall–Kier alpha value is -3.32. The maximum Gasteiger partial charge on any atom is 0.250 e. The summed E-state index contributed by atoms with van der Waals surface area (Å²) in [6.07, 6.45) is 4.14. The number of carbonyl (C=O) groups is 1. The molecule has 0 spiro atoms. The molecule has 0 fully saturated rings. The molecular formula is C23H24N2O4S. The number of anilines is 1. The molecule has 2 aromatic carbocycles. The van der Waals surface area contributed by atoms with Crippen LogP contribution in [0.3, 0.4) is 0 Å². The third kappa shape index (κ3) is 5.61. The predicted octanol–water partition coefficient (Wildman–Crippen LogP) is 5.27. The minimum atomic E-state index is -0.256. The zero-order valence-corrected chi connectivity index (χ0v) is 18.0. The summed E-state index contributed by atoms with van der Waals surface area (Å²) in [5.74, 6) is 1.83. The molecule has 0 aliphatic carbocycles. The Morgan fingerprint density at radius 1 is 1.10 bits per heavy atom. The molecular weight excluding hydrogens is 400 g/mol. The molecule has 0 saturated heterocycles. The van der Waals surface area contributed by atoms with E-state index in [2.05, 4.69) is 17.2 Å². The number of thiazole rings is 1. The largest absolute Gasteiger partial charge is 0.494 e. The first-order chi connectivity index (χ1) is 14.6. The van der Waals surface area contributed by atoms with E-state index in [1.54, 1.807) is 32.4 Å². The third-order valence-corrected chi connectivity index (χ3v) is 4.95. The first-order valence-electron chi connectivity index (χ1n) is 9.52. The van der Waals surface area contributed by atoms with Crippen molar-refractivity contribution >= 4 is 28.5 Å². The topological polar surface area (TPSA) is 69.7 Å². The average Bonchev–Trinajstić information content (AvgIpc) is 3.24. The second-order valence-corrected chi connectivity index (χ2v) is 7.21. The number of rotatable bonds is 9. The lowest BCUT2D eigenvalue weighted by atomic mass is 10.2. The highest BCUT2D eigenvalue weighted by Crippen LogP contribution is 2.28. The van der Waals surface area contributed by atoms with Gasteiger partial charge in [0.05, 0.1) is 26.5 Å². The van der Waals surface area contributed by atoms with Crippen LogP contribution >= 0.6 is 11.3 Å². The summed E-state index contributed by atoms with van der Waals surface area (Å²) in [5, 5.41) is 5.25. The van der Waals surface area contributed by atoms with E-state index in [1.165, 1.54) is 17.4 Å². The van der Waals surface area contributed by atoms with Gasteiger partial charge in [-0.2, -0.15) is 0 Å². The molecule has 7 heteroatoms. The summed E-state index contributed by atoms with van der Waals surface area (Å²) in [4.78, 5) is 16.7. The van der Waals surface area contributed by atoms with Crippen molar-refractivity contribution in [3.8, 4) is 28.5 Å². The van der Waals surface area contributed by atoms with Gasteiger partial charge in [-0.15, -0.1) is 11.3 Å². The molecule has 6 nitrogen and oxygen atoms in total. The van der Waals surface area contributed by atoms with Crippen molar-refractivity contribution in [1.82, 2.24) is 4.98 Å². The van der Waals surface area contributed by atoms with Crippen molar-refractivity contribution in [2.45, 2.75) is 13.3 Å². The van der Waals surface area contributed by atoms with Crippen LogP contribution in [0.4, 0.5) is 5.13 Å². The average molecular weight is 425 g/mol. The van der Waals surface area contributed by atoms with Gasteiger partial charge in [0.15, 0.2) is 16.6 Å². The summed E-state index contributed by atoms with van der Waals surface area (Å²) in [6.45, 7) is 2.77. The number of aromatic nitrogens is 1. The molecule has 0 aliphatic heterocycles. The smallest absolute Gasteiger partial charge is 0.250 e. The van der Waals surface area contributed by atoms with Crippen molar-refractivity contribution in [1.29, 1.82) is 0 Å². The van der Waals surface area contributed by atoms with Gasteiger partial charge in [0.1, 0.15) is 5.75 Å². The van der Waals surface area contributed by atoms with Crippen LogP contribution < -0.4 is 19.5 Å². The first-order valence-corrected chi connectivity index (χ1v) is 10.4. The quantitative estimate of drug-likeness (QED) is 0.474. The van der Waals surface area contributed by atoms with Gasteiger partial charge in [0, 0.05) is 17.0 Å². The molecule has 1 N–H and O–H groups in total. The fourth-order valence-corrected chi connectivity index (χ4v) is 3.40. The van der Waals surface area contributed by atoms with Crippen molar-refractivity contribution in [2.75, 3.05) is 26.1 Å². The van der Waals surface area contributed by atoms with E-state index in [-0.39, 0.29) is 5.91 Å². The summed E-state index contributed by atoms with van der Waals surface area (Å²) in [7, 11) is 3.15. The van der Waals surface area contributed by atoms with Crippen LogP contribution in [-0.2, 0) is 4.79 Å². The van der Waals surface area contributed by atoms with Gasteiger partial charge in [0.25, 0.3) is 0 Å². The Morgan fingerprint density at radius 2 is 1.87 bits per heavy atom. The first kappa shape index (κ1) is 21.4. The van der Waals surface area contributed by atoms with E-state index < -0.39 is 0 Å². The summed E-state index contributed by atoms with van der Waals surface area (Å²) in [6, 6.07) is 13.2. The minimum Gasteiger partial charge on any atom is -0.494 e. The number of hydrogen-bond acceptors (Lipinski definition) is 6. The second-order valence-electron chi connectivity index (χ2n) is 6.35. The zero-order valence-electron chi connectivity index (χ0n) is 17.2. The van der Waals surface area contributed by atoms with E-state index in [4.69, 9.17) is 14.2 Å². The highest BCUT2D eigenvalue weighted by molar-refractivity contribution is 7.14. The van der Waals surface area contributed by atoms with E-state index in [9.17, 15) is 4.79 Å². The SMILES string of the molecule is CCCOc1ccc(-c2csc(NC(=O)C=Cc3ccc(OC)c(OC)c3)n2)cc1. The van der Waals surface area contributed by atoms with Gasteiger partial charge in [-0.05, 0) is 54.5 Å². The fourth-order valence-electron chi connectivity index (χ4n) is 2.68. The lowest BCUT2D eigenvalue weighted by Gasteiger charge is -2.07. The monoisotopic (exact) mass is 424 g/mol. The van der Waals surface area contributed by atoms with Gasteiger partial charge in [-0.25, -0.2) is 4.98 Å². The summed E-state index contributed by atoms with van der Waals surface area (Å²) in [5.41, 5.74) is 2.60. The summed E-state index contributed by atoms with van der Waals surface area (Å²) >= 11 is 1.38. The van der Waals surface area contributed by atoms with E-state index in [0.717, 1.165) is 29.0 Å². The molecule has 1 aromatic heterocycles. The van der Waals surface area contributed by atoms with Crippen LogP contribution in [-0.4, -0.2) is 31.7 Å². The lowest BCUT2D eigenvalue weighted by molar-refractivity contribution is -0.111. The van der Waals surface area contributed by atoms with Crippen LogP contribution in [0, 0.1) is 0 Å². The maximum absolute atomic E-state index is 12.3. The Morgan fingerprint density at radius 3 is 2.57 bits per heavy atom.